The third kappa shape index (κ3) is 5.43. The molecule has 2 aromatic rings. The van der Waals surface area contributed by atoms with Crippen LogP contribution >= 0.6 is 11.8 Å². The number of nitrogen functional groups attached to an aromatic ring is 1. The number of piperidine rings is 2. The van der Waals surface area contributed by atoms with Crippen molar-refractivity contribution in [3.63, 3.8) is 0 Å². The van der Waals surface area contributed by atoms with Crippen LogP contribution in [0.1, 0.15) is 74.5 Å². The molecule has 2 fully saturated rings. The highest BCUT2D eigenvalue weighted by Crippen LogP contribution is 2.43. The number of likely N-dealkylation sites (tertiary alicyclic amines) is 2. The van der Waals surface area contributed by atoms with Crippen molar-refractivity contribution < 1.29 is 9.59 Å². The van der Waals surface area contributed by atoms with Crippen LogP contribution in [0.2, 0.25) is 0 Å². The van der Waals surface area contributed by atoms with Gasteiger partial charge in [-0.05, 0) is 67.5 Å². The maximum Gasteiger partial charge on any atom is 0.274 e. The molecule has 11 nitrogen and oxygen atoms in total. The van der Waals surface area contributed by atoms with E-state index in [1.165, 1.54) is 37.7 Å². The van der Waals surface area contributed by atoms with E-state index in [2.05, 4.69) is 51.2 Å². The molecule has 4 aliphatic rings. The average molecular weight is 580 g/mol. The summed E-state index contributed by atoms with van der Waals surface area (Å²) in [5, 5.41) is 12.9. The van der Waals surface area contributed by atoms with E-state index in [1.54, 1.807) is 18.1 Å². The van der Waals surface area contributed by atoms with Gasteiger partial charge in [-0.2, -0.15) is 5.10 Å². The summed E-state index contributed by atoms with van der Waals surface area (Å²) in [6.07, 6.45) is 7.42. The van der Waals surface area contributed by atoms with Crippen molar-refractivity contribution in [1.29, 1.82) is 0 Å². The third-order valence-electron chi connectivity index (χ3n) is 9.21. The third-order valence-corrected chi connectivity index (χ3v) is 10.3. The number of aromatic nitrogens is 4. The fourth-order valence-corrected chi connectivity index (χ4v) is 7.67. The molecule has 220 valence electrons. The highest BCUT2D eigenvalue weighted by Gasteiger charge is 2.40. The number of aromatic amines is 1. The molecule has 2 saturated heterocycles. The molecule has 2 aromatic heterocycles. The van der Waals surface area contributed by atoms with Gasteiger partial charge in [0.15, 0.2) is 5.50 Å². The Hall–Kier alpha value is -3.12. The summed E-state index contributed by atoms with van der Waals surface area (Å²) in [7, 11) is 1.77. The Morgan fingerprint density at radius 3 is 2.61 bits per heavy atom. The maximum atomic E-state index is 13.7. The molecule has 5 heterocycles. The summed E-state index contributed by atoms with van der Waals surface area (Å²) >= 11 is 1.50. The number of rotatable bonds is 5. The summed E-state index contributed by atoms with van der Waals surface area (Å²) in [6.45, 7) is 10.6. The van der Waals surface area contributed by atoms with Crippen LogP contribution in [-0.2, 0) is 16.6 Å². The molecule has 0 spiro atoms. The molecule has 0 saturated carbocycles. The molecule has 1 aliphatic carbocycles. The van der Waals surface area contributed by atoms with Crippen molar-refractivity contribution in [2.45, 2.75) is 76.3 Å². The van der Waals surface area contributed by atoms with Crippen LogP contribution in [0.15, 0.2) is 17.3 Å². The van der Waals surface area contributed by atoms with Crippen molar-refractivity contribution in [2.24, 2.45) is 5.92 Å². The fraction of sp³-hybridized carbons (Fsp3) is 0.621. The average Bonchev–Trinajstić information content (AvgIpc) is 3.62. The van der Waals surface area contributed by atoms with E-state index >= 15 is 0 Å². The van der Waals surface area contributed by atoms with Crippen LogP contribution < -0.4 is 11.1 Å². The molecule has 3 aliphatic heterocycles. The van der Waals surface area contributed by atoms with Gasteiger partial charge in [-0.1, -0.05) is 32.5 Å². The van der Waals surface area contributed by atoms with Crippen LogP contribution in [0.4, 0.5) is 5.95 Å². The summed E-state index contributed by atoms with van der Waals surface area (Å²) < 4.78 is 0. The summed E-state index contributed by atoms with van der Waals surface area (Å²) in [6, 6.07) is 0.603. The number of carbonyl (C=O) groups is 2. The first-order chi connectivity index (χ1) is 19.6. The topological polar surface area (TPSA) is 136 Å². The predicted octanol–water partition coefficient (Wildman–Crippen LogP) is 2.93. The standard InChI is InChI=1S/C29H41N9O2S/c1-17-5-9-37(10-6-17)20-7-11-38(12-8-20)21(39)13-19-16-41-28(32-19)36(4)26(40)25-22-24(34-35-25)23-18(14-29(22,2)3)15-31-27(30)33-23/h15-17,20,28,32H,5-14H2,1-4H3,(H,34,35)(H2,30,31,33). The van der Waals surface area contributed by atoms with Gasteiger partial charge in [0, 0.05) is 43.6 Å². The molecule has 0 radical (unpaired) electrons. The number of H-pyrrole nitrogens is 1. The van der Waals surface area contributed by atoms with Gasteiger partial charge in [-0.3, -0.25) is 14.7 Å². The van der Waals surface area contributed by atoms with Gasteiger partial charge in [0.1, 0.15) is 11.4 Å². The number of thioether (sulfide) groups is 1. The number of fused-ring (bicyclic) bond motifs is 3. The lowest BCUT2D eigenvalue weighted by molar-refractivity contribution is -0.132. The molecule has 41 heavy (non-hydrogen) atoms. The normalized spacial score (nSPS) is 23.0. The first kappa shape index (κ1) is 28.0. The van der Waals surface area contributed by atoms with E-state index in [4.69, 9.17) is 5.73 Å². The Balaban J connectivity index is 1.05. The number of hydrogen-bond donors (Lipinski definition) is 3. The SMILES string of the molecule is CC1CCN(C2CCN(C(=O)CC3=CSC(N(C)C(=O)c4[nH]nc5c4C(C)(C)Cc4cnc(N)nc4-5)N3)CC2)CC1. The first-order valence-corrected chi connectivity index (χ1v) is 15.7. The first-order valence-electron chi connectivity index (χ1n) is 14.7. The molecular formula is C29H41N9O2S. The van der Waals surface area contributed by atoms with E-state index in [9.17, 15) is 9.59 Å². The van der Waals surface area contributed by atoms with E-state index in [0.29, 0.717) is 36.0 Å². The van der Waals surface area contributed by atoms with Crippen molar-refractivity contribution in [3.8, 4) is 11.4 Å². The molecule has 1 unspecified atom stereocenters. The number of hydrogen-bond acceptors (Lipinski definition) is 9. The summed E-state index contributed by atoms with van der Waals surface area (Å²) in [4.78, 5) is 41.7. The van der Waals surface area contributed by atoms with Gasteiger partial charge in [-0.25, -0.2) is 9.97 Å². The van der Waals surface area contributed by atoms with Crippen LogP contribution in [-0.4, -0.2) is 91.4 Å². The van der Waals surface area contributed by atoms with Gasteiger partial charge < -0.3 is 25.8 Å². The van der Waals surface area contributed by atoms with Crippen LogP contribution in [0.25, 0.3) is 11.4 Å². The highest BCUT2D eigenvalue weighted by molar-refractivity contribution is 8.02. The summed E-state index contributed by atoms with van der Waals surface area (Å²) in [5.41, 5.74) is 9.64. The Labute approximate surface area is 245 Å². The Morgan fingerprint density at radius 2 is 1.88 bits per heavy atom. The van der Waals surface area contributed by atoms with Gasteiger partial charge >= 0.3 is 0 Å². The number of nitrogens with zero attached hydrogens (tertiary/aromatic N) is 6. The molecule has 0 aromatic carbocycles. The molecule has 2 amide bonds. The second kappa shape index (κ2) is 10.9. The zero-order chi connectivity index (χ0) is 28.9. The Bertz CT molecular complexity index is 1360. The minimum absolute atomic E-state index is 0.147. The minimum Gasteiger partial charge on any atom is -0.368 e. The van der Waals surface area contributed by atoms with Gasteiger partial charge in [0.05, 0.1) is 12.1 Å². The zero-order valence-corrected chi connectivity index (χ0v) is 25.3. The molecule has 1 atom stereocenters. The molecular weight excluding hydrogens is 538 g/mol. The zero-order valence-electron chi connectivity index (χ0n) is 24.4. The van der Waals surface area contributed by atoms with Crippen LogP contribution in [0.3, 0.4) is 0 Å². The lowest BCUT2D eigenvalue weighted by Gasteiger charge is -2.41. The molecule has 0 bridgehead atoms. The van der Waals surface area contributed by atoms with Gasteiger partial charge in [0.2, 0.25) is 11.9 Å². The van der Waals surface area contributed by atoms with Gasteiger partial charge in [-0.15, -0.1) is 0 Å². The molecule has 12 heteroatoms. The number of nitrogens with two attached hydrogens (primary N) is 1. The number of nitrogens with one attached hydrogen (secondary N) is 2. The lowest BCUT2D eigenvalue weighted by atomic mass is 9.73. The minimum atomic E-state index is -0.341. The lowest BCUT2D eigenvalue weighted by Crippen LogP contribution is -2.49. The van der Waals surface area contributed by atoms with Crippen LogP contribution in [0.5, 0.6) is 0 Å². The second-order valence-electron chi connectivity index (χ2n) is 12.7. The number of carbonyl (C=O) groups excluding carboxylic acids is 2. The van der Waals surface area contributed by atoms with Crippen molar-refractivity contribution in [1.82, 2.24) is 40.2 Å². The van der Waals surface area contributed by atoms with E-state index in [-0.39, 0.29) is 28.7 Å². The molecule has 6 rings (SSSR count). The van der Waals surface area contributed by atoms with E-state index in [1.807, 2.05) is 10.3 Å². The quantitative estimate of drug-likeness (QED) is 0.488. The van der Waals surface area contributed by atoms with E-state index in [0.717, 1.165) is 48.7 Å². The Morgan fingerprint density at radius 1 is 1.15 bits per heavy atom. The predicted molar refractivity (Wildman–Crippen MR) is 160 cm³/mol. The number of amides is 2. The van der Waals surface area contributed by atoms with Crippen molar-refractivity contribution >= 4 is 29.5 Å². The Kier molecular flexibility index (Phi) is 7.48. The number of anilines is 1. The highest BCUT2D eigenvalue weighted by atomic mass is 32.2. The second-order valence-corrected chi connectivity index (χ2v) is 13.6. The summed E-state index contributed by atoms with van der Waals surface area (Å²) in [5.74, 6) is 0.995. The maximum absolute atomic E-state index is 13.7. The van der Waals surface area contributed by atoms with Gasteiger partial charge in [0.25, 0.3) is 5.91 Å². The van der Waals surface area contributed by atoms with Crippen molar-refractivity contribution in [3.05, 3.63) is 34.1 Å². The largest absolute Gasteiger partial charge is 0.368 e. The monoisotopic (exact) mass is 579 g/mol. The van der Waals surface area contributed by atoms with Crippen LogP contribution in [0, 0.1) is 5.92 Å². The smallest absolute Gasteiger partial charge is 0.274 e. The fourth-order valence-electron chi connectivity index (χ4n) is 6.73. The van der Waals surface area contributed by atoms with E-state index < -0.39 is 0 Å². The molecule has 4 N–H and O–H groups in total. The van der Waals surface area contributed by atoms with Crippen molar-refractivity contribution in [2.75, 3.05) is 39.0 Å².